The van der Waals surface area contributed by atoms with Gasteiger partial charge in [0.05, 0.1) is 13.7 Å². The Morgan fingerprint density at radius 1 is 1.53 bits per heavy atom. The normalized spacial score (nSPS) is 20.1. The monoisotopic (exact) mass is 244 g/mol. The van der Waals surface area contributed by atoms with Gasteiger partial charge >= 0.3 is 5.97 Å². The Labute approximate surface area is 101 Å². The predicted octanol–water partition coefficient (Wildman–Crippen LogP) is -0.615. The van der Waals surface area contributed by atoms with Gasteiger partial charge < -0.3 is 19.7 Å². The van der Waals surface area contributed by atoms with Crippen LogP contribution in [0.4, 0.5) is 0 Å². The Balaban J connectivity index is 2.62. The fourth-order valence-corrected chi connectivity index (χ4v) is 1.63. The molecule has 0 bridgehead atoms. The summed E-state index contributed by atoms with van der Waals surface area (Å²) >= 11 is 0. The first-order valence-corrected chi connectivity index (χ1v) is 5.76. The van der Waals surface area contributed by atoms with Crippen LogP contribution in [0.2, 0.25) is 0 Å². The predicted molar refractivity (Wildman–Crippen MR) is 61.5 cm³/mol. The van der Waals surface area contributed by atoms with E-state index in [2.05, 4.69) is 10.1 Å². The molecule has 0 aromatic heterocycles. The van der Waals surface area contributed by atoms with Crippen molar-refractivity contribution >= 4 is 11.9 Å². The van der Waals surface area contributed by atoms with Gasteiger partial charge in [-0.05, 0) is 13.8 Å². The molecule has 1 heterocycles. The molecule has 1 amide bonds. The van der Waals surface area contributed by atoms with E-state index in [1.807, 2.05) is 13.8 Å². The van der Waals surface area contributed by atoms with Gasteiger partial charge in [0.25, 0.3) is 5.91 Å². The molecule has 0 aromatic rings. The summed E-state index contributed by atoms with van der Waals surface area (Å²) in [6.45, 7) is 5.44. The van der Waals surface area contributed by atoms with Gasteiger partial charge in [0.15, 0.2) is 0 Å². The van der Waals surface area contributed by atoms with E-state index in [9.17, 15) is 9.59 Å². The molecular weight excluding hydrogens is 224 g/mol. The van der Waals surface area contributed by atoms with E-state index in [4.69, 9.17) is 4.74 Å². The Kier molecular flexibility index (Phi) is 5.37. The van der Waals surface area contributed by atoms with Gasteiger partial charge in [-0.3, -0.25) is 9.59 Å². The summed E-state index contributed by atoms with van der Waals surface area (Å²) in [5.41, 5.74) is 0. The molecule has 6 heteroatoms. The molecule has 6 nitrogen and oxygen atoms in total. The van der Waals surface area contributed by atoms with Gasteiger partial charge in [0.2, 0.25) is 0 Å². The molecule has 1 rings (SSSR count). The summed E-state index contributed by atoms with van der Waals surface area (Å²) in [5, 5.41) is 3.09. The number of amides is 1. The number of nitrogens with one attached hydrogen (secondary N) is 1. The van der Waals surface area contributed by atoms with E-state index in [0.717, 1.165) is 6.54 Å². The van der Waals surface area contributed by atoms with Gasteiger partial charge in [-0.15, -0.1) is 0 Å². The minimum Gasteiger partial charge on any atom is -0.468 e. The molecule has 1 N–H and O–H groups in total. The van der Waals surface area contributed by atoms with Crippen LogP contribution in [-0.4, -0.2) is 62.3 Å². The molecule has 1 fully saturated rings. The van der Waals surface area contributed by atoms with Gasteiger partial charge in [0.1, 0.15) is 12.6 Å². The molecular formula is C11H20N2O4. The number of esters is 1. The summed E-state index contributed by atoms with van der Waals surface area (Å²) in [4.78, 5) is 24.9. The largest absolute Gasteiger partial charge is 0.468 e. The number of ether oxygens (including phenoxy) is 2. The van der Waals surface area contributed by atoms with Gasteiger partial charge in [0, 0.05) is 19.1 Å². The van der Waals surface area contributed by atoms with Crippen LogP contribution in [0.25, 0.3) is 0 Å². The van der Waals surface area contributed by atoms with Crippen molar-refractivity contribution in [3.05, 3.63) is 0 Å². The number of methoxy groups -OCH3 is 1. The van der Waals surface area contributed by atoms with E-state index in [-0.39, 0.29) is 18.5 Å². The topological polar surface area (TPSA) is 67.9 Å². The van der Waals surface area contributed by atoms with E-state index in [0.29, 0.717) is 13.2 Å². The summed E-state index contributed by atoms with van der Waals surface area (Å²) in [6.07, 6.45) is -0.504. The Hall–Kier alpha value is -1.14. The number of carbonyl (C=O) groups excluding carboxylic acids is 2. The number of nitrogens with zero attached hydrogens (tertiary/aromatic N) is 1. The highest BCUT2D eigenvalue weighted by Gasteiger charge is 2.29. The summed E-state index contributed by atoms with van der Waals surface area (Å²) in [5.74, 6) is -0.589. The molecule has 0 aromatic carbocycles. The second kappa shape index (κ2) is 6.56. The molecule has 1 aliphatic heterocycles. The van der Waals surface area contributed by atoms with Crippen molar-refractivity contribution in [1.29, 1.82) is 0 Å². The first-order valence-electron chi connectivity index (χ1n) is 5.76. The second-order valence-electron chi connectivity index (χ2n) is 4.20. The molecule has 1 unspecified atom stereocenters. The summed E-state index contributed by atoms with van der Waals surface area (Å²) in [7, 11) is 1.31. The average Bonchev–Trinajstić information content (AvgIpc) is 2.35. The minimum atomic E-state index is -0.504. The van der Waals surface area contributed by atoms with Crippen LogP contribution in [0.15, 0.2) is 0 Å². The van der Waals surface area contributed by atoms with Crippen molar-refractivity contribution in [2.45, 2.75) is 26.0 Å². The lowest BCUT2D eigenvalue weighted by atomic mass is 10.2. The molecule has 1 aliphatic rings. The molecule has 1 saturated heterocycles. The Bertz CT molecular complexity index is 275. The van der Waals surface area contributed by atoms with Crippen LogP contribution >= 0.6 is 0 Å². The number of morpholine rings is 1. The lowest BCUT2D eigenvalue weighted by Gasteiger charge is -2.31. The average molecular weight is 244 g/mol. The van der Waals surface area contributed by atoms with Crippen molar-refractivity contribution in [2.24, 2.45) is 0 Å². The standard InChI is InChI=1S/C11H20N2O4/c1-8(2)13(7-10(14)16-3)11(15)9-6-12-4-5-17-9/h8-9,12H,4-7H2,1-3H3. The van der Waals surface area contributed by atoms with Crippen LogP contribution < -0.4 is 5.32 Å². The molecule has 0 spiro atoms. The van der Waals surface area contributed by atoms with E-state index in [1.165, 1.54) is 12.0 Å². The second-order valence-corrected chi connectivity index (χ2v) is 4.20. The molecule has 0 saturated carbocycles. The first kappa shape index (κ1) is 13.9. The van der Waals surface area contributed by atoms with Crippen molar-refractivity contribution in [1.82, 2.24) is 10.2 Å². The maximum Gasteiger partial charge on any atom is 0.325 e. The van der Waals surface area contributed by atoms with Gasteiger partial charge in [-0.2, -0.15) is 0 Å². The number of hydrogen-bond donors (Lipinski definition) is 1. The van der Waals surface area contributed by atoms with E-state index < -0.39 is 12.1 Å². The highest BCUT2D eigenvalue weighted by atomic mass is 16.5. The van der Waals surface area contributed by atoms with Crippen molar-refractivity contribution in [2.75, 3.05) is 33.4 Å². The van der Waals surface area contributed by atoms with Gasteiger partial charge in [-0.25, -0.2) is 0 Å². The summed E-state index contributed by atoms with van der Waals surface area (Å²) < 4.78 is 9.96. The van der Waals surface area contributed by atoms with Crippen LogP contribution in [0.3, 0.4) is 0 Å². The minimum absolute atomic E-state index is 0.0349. The van der Waals surface area contributed by atoms with Crippen molar-refractivity contribution in [3.63, 3.8) is 0 Å². The van der Waals surface area contributed by atoms with Crippen LogP contribution in [-0.2, 0) is 19.1 Å². The lowest BCUT2D eigenvalue weighted by Crippen LogP contribution is -2.52. The molecule has 17 heavy (non-hydrogen) atoms. The fourth-order valence-electron chi connectivity index (χ4n) is 1.63. The molecule has 0 aliphatic carbocycles. The Morgan fingerprint density at radius 2 is 2.24 bits per heavy atom. The third-order valence-corrected chi connectivity index (χ3v) is 2.64. The fraction of sp³-hybridized carbons (Fsp3) is 0.818. The number of rotatable bonds is 4. The quantitative estimate of drug-likeness (QED) is 0.668. The molecule has 1 atom stereocenters. The van der Waals surface area contributed by atoms with E-state index >= 15 is 0 Å². The first-order chi connectivity index (χ1) is 8.06. The zero-order valence-electron chi connectivity index (χ0n) is 10.6. The lowest BCUT2D eigenvalue weighted by molar-refractivity contribution is -0.154. The Morgan fingerprint density at radius 3 is 2.71 bits per heavy atom. The van der Waals surface area contributed by atoms with Crippen LogP contribution in [0.5, 0.6) is 0 Å². The van der Waals surface area contributed by atoms with Crippen molar-refractivity contribution in [3.8, 4) is 0 Å². The number of carbonyl (C=O) groups is 2. The summed E-state index contributed by atoms with van der Waals surface area (Å²) in [6, 6.07) is -0.0628. The smallest absolute Gasteiger partial charge is 0.325 e. The van der Waals surface area contributed by atoms with Crippen LogP contribution in [0, 0.1) is 0 Å². The van der Waals surface area contributed by atoms with E-state index in [1.54, 1.807) is 0 Å². The molecule has 98 valence electrons. The zero-order chi connectivity index (χ0) is 12.8. The van der Waals surface area contributed by atoms with Crippen LogP contribution in [0.1, 0.15) is 13.8 Å². The third kappa shape index (κ3) is 3.98. The SMILES string of the molecule is COC(=O)CN(C(=O)C1CNCCO1)C(C)C. The highest BCUT2D eigenvalue weighted by molar-refractivity contribution is 5.85. The third-order valence-electron chi connectivity index (χ3n) is 2.64. The maximum atomic E-state index is 12.1. The number of hydrogen-bond acceptors (Lipinski definition) is 5. The van der Waals surface area contributed by atoms with Crippen molar-refractivity contribution < 1.29 is 19.1 Å². The highest BCUT2D eigenvalue weighted by Crippen LogP contribution is 2.07. The zero-order valence-corrected chi connectivity index (χ0v) is 10.6. The molecule has 0 radical (unpaired) electrons. The maximum absolute atomic E-state index is 12.1. The van der Waals surface area contributed by atoms with Gasteiger partial charge in [-0.1, -0.05) is 0 Å².